The second-order valence-electron chi connectivity index (χ2n) is 11.3. The first kappa shape index (κ1) is 26.6. The minimum Gasteiger partial charge on any atom is -0.318 e. The second kappa shape index (κ2) is 12.7. The number of rotatable bonds is 8. The smallest absolute Gasteiger partial charge is 0.226 e. The number of carbonyl (C=O) groups is 1. The quantitative estimate of drug-likeness (QED) is 0.450. The normalized spacial score (nSPS) is 20.8. The lowest BCUT2D eigenvalue weighted by Gasteiger charge is -2.40. The molecule has 2 fully saturated rings. The van der Waals surface area contributed by atoms with Crippen LogP contribution in [0.4, 0.5) is 5.00 Å². The van der Waals surface area contributed by atoms with Crippen molar-refractivity contribution in [3.05, 3.63) is 48.0 Å². The van der Waals surface area contributed by atoms with Crippen molar-refractivity contribution in [2.45, 2.75) is 70.9 Å². The number of amides is 1. The van der Waals surface area contributed by atoms with Gasteiger partial charge in [0.25, 0.3) is 0 Å². The highest BCUT2D eigenvalue weighted by molar-refractivity contribution is 7.19. The molecule has 37 heavy (non-hydrogen) atoms. The van der Waals surface area contributed by atoms with Gasteiger partial charge in [-0.2, -0.15) is 0 Å². The summed E-state index contributed by atoms with van der Waals surface area (Å²) >= 11 is 1.66. The highest BCUT2D eigenvalue weighted by atomic mass is 32.1. The zero-order valence-electron chi connectivity index (χ0n) is 22.8. The molecule has 1 amide bonds. The largest absolute Gasteiger partial charge is 0.318 e. The van der Waals surface area contributed by atoms with Gasteiger partial charge in [-0.1, -0.05) is 36.8 Å². The molecule has 1 aromatic carbocycles. The summed E-state index contributed by atoms with van der Waals surface area (Å²) in [6, 6.07) is 14.5. The van der Waals surface area contributed by atoms with Gasteiger partial charge >= 0.3 is 0 Å². The maximum atomic E-state index is 12.6. The number of benzene rings is 1. The molecule has 6 heteroatoms. The van der Waals surface area contributed by atoms with E-state index in [4.69, 9.17) is 0 Å². The lowest BCUT2D eigenvalue weighted by atomic mass is 9.97. The summed E-state index contributed by atoms with van der Waals surface area (Å²) in [6.45, 7) is 12.4. The summed E-state index contributed by atoms with van der Waals surface area (Å²) in [7, 11) is 0. The molecule has 2 aromatic rings. The molecule has 200 valence electrons. The molecule has 4 heterocycles. The number of carbonyl (C=O) groups excluding carboxylic acids is 1. The number of anilines is 1. The van der Waals surface area contributed by atoms with Crippen molar-refractivity contribution in [1.82, 2.24) is 14.7 Å². The maximum Gasteiger partial charge on any atom is 0.226 e. The minimum absolute atomic E-state index is 0.126. The Labute approximate surface area is 227 Å². The zero-order chi connectivity index (χ0) is 25.6. The van der Waals surface area contributed by atoms with Crippen LogP contribution in [0, 0.1) is 0 Å². The Morgan fingerprint density at radius 1 is 0.946 bits per heavy atom. The average Bonchev–Trinajstić information content (AvgIpc) is 3.41. The van der Waals surface area contributed by atoms with E-state index in [1.54, 1.807) is 11.3 Å². The molecule has 2 saturated heterocycles. The van der Waals surface area contributed by atoms with Crippen LogP contribution in [-0.4, -0.2) is 78.5 Å². The van der Waals surface area contributed by atoms with E-state index in [1.165, 1.54) is 66.8 Å². The predicted molar refractivity (Wildman–Crippen MR) is 157 cm³/mol. The molecule has 5 rings (SSSR count). The van der Waals surface area contributed by atoms with Gasteiger partial charge in [0.15, 0.2) is 0 Å². The summed E-state index contributed by atoms with van der Waals surface area (Å²) in [5.41, 5.74) is 4.00. The number of nitrogens with one attached hydrogen (secondary N) is 1. The van der Waals surface area contributed by atoms with E-state index >= 15 is 0 Å². The summed E-state index contributed by atoms with van der Waals surface area (Å²) in [6.07, 6.45) is 10.7. The molecular formula is C31H44N4OS. The van der Waals surface area contributed by atoms with Crippen molar-refractivity contribution in [1.29, 1.82) is 0 Å². The maximum absolute atomic E-state index is 12.6. The van der Waals surface area contributed by atoms with Crippen molar-refractivity contribution < 1.29 is 4.79 Å². The van der Waals surface area contributed by atoms with Gasteiger partial charge < -0.3 is 15.1 Å². The van der Waals surface area contributed by atoms with Gasteiger partial charge in [-0.3, -0.25) is 9.69 Å². The summed E-state index contributed by atoms with van der Waals surface area (Å²) < 4.78 is 0. The van der Waals surface area contributed by atoms with Crippen LogP contribution < -0.4 is 5.32 Å². The molecule has 0 saturated carbocycles. The summed E-state index contributed by atoms with van der Waals surface area (Å²) in [5, 5.41) is 4.08. The van der Waals surface area contributed by atoms with E-state index in [0.29, 0.717) is 12.5 Å². The topological polar surface area (TPSA) is 38.8 Å². The van der Waals surface area contributed by atoms with Crippen LogP contribution in [0.2, 0.25) is 0 Å². The lowest BCUT2D eigenvalue weighted by Crippen LogP contribution is -2.47. The molecule has 5 nitrogen and oxygen atoms in total. The predicted octanol–water partition coefficient (Wildman–Crippen LogP) is 6.19. The van der Waals surface area contributed by atoms with Crippen molar-refractivity contribution in [3.8, 4) is 10.4 Å². The molecular weight excluding hydrogens is 476 g/mol. The number of thiophene rings is 1. The number of nitrogens with zero attached hydrogens (tertiary/aromatic N) is 3. The Balaban J connectivity index is 1.06. The molecule has 1 aromatic heterocycles. The number of piperidine rings is 2. The van der Waals surface area contributed by atoms with E-state index in [9.17, 15) is 4.79 Å². The first-order valence-electron chi connectivity index (χ1n) is 14.4. The van der Waals surface area contributed by atoms with Gasteiger partial charge in [0.2, 0.25) is 5.91 Å². The Morgan fingerprint density at radius 2 is 1.68 bits per heavy atom. The van der Waals surface area contributed by atoms with Crippen molar-refractivity contribution in [3.63, 3.8) is 0 Å². The van der Waals surface area contributed by atoms with E-state index in [0.717, 1.165) is 50.2 Å². The summed E-state index contributed by atoms with van der Waals surface area (Å²) in [4.78, 5) is 21.5. The molecule has 0 unspecified atom stereocenters. The number of hydrogen-bond acceptors (Lipinski definition) is 5. The number of likely N-dealkylation sites (tertiary alicyclic amines) is 2. The van der Waals surface area contributed by atoms with Crippen molar-refractivity contribution in [2.75, 3.05) is 51.1 Å². The van der Waals surface area contributed by atoms with Gasteiger partial charge in [0.1, 0.15) is 0 Å². The molecule has 1 N–H and O–H groups in total. The molecule has 0 spiro atoms. The van der Waals surface area contributed by atoms with Crippen LogP contribution in [0.3, 0.4) is 0 Å². The summed E-state index contributed by atoms with van der Waals surface area (Å²) in [5.74, 6) is 0.126. The monoisotopic (exact) mass is 520 g/mol. The van der Waals surface area contributed by atoms with Gasteiger partial charge in [-0.15, -0.1) is 11.3 Å². The Bertz CT molecular complexity index is 1050. The SMILES string of the molecule is CC(C)N1CC=C(c2ccc(-c3ccc(NC(=O)CCN4CCC(N5CCCCC5)CC4)s3)cc2)CC1. The van der Waals surface area contributed by atoms with Crippen LogP contribution >= 0.6 is 11.3 Å². The second-order valence-corrected chi connectivity index (χ2v) is 12.4. The van der Waals surface area contributed by atoms with Gasteiger partial charge in [0, 0.05) is 43.0 Å². The number of hydrogen-bond donors (Lipinski definition) is 1. The highest BCUT2D eigenvalue weighted by Gasteiger charge is 2.25. The Morgan fingerprint density at radius 3 is 2.35 bits per heavy atom. The van der Waals surface area contributed by atoms with E-state index < -0.39 is 0 Å². The van der Waals surface area contributed by atoms with Crippen LogP contribution in [0.5, 0.6) is 0 Å². The van der Waals surface area contributed by atoms with Gasteiger partial charge in [-0.05, 0) is 101 Å². The van der Waals surface area contributed by atoms with E-state index in [2.05, 4.69) is 70.3 Å². The van der Waals surface area contributed by atoms with Gasteiger partial charge in [0.05, 0.1) is 5.00 Å². The minimum atomic E-state index is 0.126. The third kappa shape index (κ3) is 7.11. The van der Waals surface area contributed by atoms with Crippen LogP contribution in [0.15, 0.2) is 42.5 Å². The highest BCUT2D eigenvalue weighted by Crippen LogP contribution is 2.33. The molecule has 3 aliphatic rings. The average molecular weight is 521 g/mol. The molecule has 0 atom stereocenters. The standard InChI is InChI=1S/C31H44N4OS/c1-24(2)34-22-12-26(13-23-34)25-6-8-27(9-7-25)29-10-11-31(37-29)32-30(36)16-21-33-19-14-28(15-20-33)35-17-4-3-5-18-35/h6-12,24,28H,3-5,13-23H2,1-2H3,(H,32,36). The van der Waals surface area contributed by atoms with Crippen LogP contribution in [0.1, 0.15) is 64.4 Å². The Hall–Kier alpha value is -1.99. The van der Waals surface area contributed by atoms with Crippen LogP contribution in [-0.2, 0) is 4.79 Å². The lowest BCUT2D eigenvalue weighted by molar-refractivity contribution is -0.116. The molecule has 0 bridgehead atoms. The van der Waals surface area contributed by atoms with E-state index in [-0.39, 0.29) is 5.91 Å². The molecule has 3 aliphatic heterocycles. The molecule has 0 aliphatic carbocycles. The van der Waals surface area contributed by atoms with Crippen molar-refractivity contribution in [2.24, 2.45) is 0 Å². The van der Waals surface area contributed by atoms with Crippen molar-refractivity contribution >= 4 is 27.8 Å². The van der Waals surface area contributed by atoms with E-state index in [1.807, 2.05) is 6.07 Å². The van der Waals surface area contributed by atoms with Gasteiger partial charge in [-0.25, -0.2) is 0 Å². The third-order valence-electron chi connectivity index (χ3n) is 8.50. The zero-order valence-corrected chi connectivity index (χ0v) is 23.6. The first-order chi connectivity index (χ1) is 18.0. The fourth-order valence-corrected chi connectivity index (χ4v) is 7.00. The first-order valence-corrected chi connectivity index (χ1v) is 15.3. The van der Waals surface area contributed by atoms with Crippen LogP contribution in [0.25, 0.3) is 16.0 Å². The Kier molecular flexibility index (Phi) is 9.14. The molecule has 0 radical (unpaired) electrons. The fourth-order valence-electron chi connectivity index (χ4n) is 6.08. The fraction of sp³-hybridized carbons (Fsp3) is 0.581. The third-order valence-corrected chi connectivity index (χ3v) is 9.55.